The van der Waals surface area contributed by atoms with Crippen LogP contribution in [-0.4, -0.2) is 0 Å². The van der Waals surface area contributed by atoms with Gasteiger partial charge in [-0.1, -0.05) is 146 Å². The third-order valence-electron chi connectivity index (χ3n) is 10.2. The fraction of sp³-hybridized carbons (Fsp3) is 0. The predicted molar refractivity (Wildman–Crippen MR) is 220 cm³/mol. The van der Waals surface area contributed by atoms with Gasteiger partial charge >= 0.3 is 0 Å². The molecule has 0 atom stereocenters. The van der Waals surface area contributed by atoms with Gasteiger partial charge in [0.05, 0.1) is 5.69 Å². The summed E-state index contributed by atoms with van der Waals surface area (Å²) >= 11 is 0. The SMILES string of the molecule is c1ccc(-c2cc(-c3ccc4ccc5oc6ccccc6c5c4c3)ccc2N(c2ccccc2)c2cc(-c3ccccc3)c3ccccc3c2)cc1. The fourth-order valence-electron chi connectivity index (χ4n) is 7.77. The summed E-state index contributed by atoms with van der Waals surface area (Å²) in [5.74, 6) is 0. The minimum atomic E-state index is 0.912. The van der Waals surface area contributed by atoms with Crippen LogP contribution in [0, 0.1) is 0 Å². The summed E-state index contributed by atoms with van der Waals surface area (Å²) in [7, 11) is 0. The van der Waals surface area contributed by atoms with Crippen LogP contribution >= 0.6 is 0 Å². The molecular weight excluding hydrogens is 631 g/mol. The van der Waals surface area contributed by atoms with Crippen LogP contribution < -0.4 is 4.90 Å². The molecule has 2 nitrogen and oxygen atoms in total. The van der Waals surface area contributed by atoms with E-state index in [1.165, 1.54) is 32.7 Å². The number of hydrogen-bond acceptors (Lipinski definition) is 2. The van der Waals surface area contributed by atoms with Crippen molar-refractivity contribution in [3.8, 4) is 33.4 Å². The van der Waals surface area contributed by atoms with Gasteiger partial charge in [-0.05, 0) is 104 Å². The van der Waals surface area contributed by atoms with Crippen molar-refractivity contribution in [2.45, 2.75) is 0 Å². The molecule has 0 aliphatic rings. The van der Waals surface area contributed by atoms with Gasteiger partial charge in [-0.2, -0.15) is 0 Å². The maximum atomic E-state index is 6.27. The van der Waals surface area contributed by atoms with E-state index in [4.69, 9.17) is 4.42 Å². The topological polar surface area (TPSA) is 16.4 Å². The normalized spacial score (nSPS) is 11.5. The fourth-order valence-corrected chi connectivity index (χ4v) is 7.77. The van der Waals surface area contributed by atoms with Crippen molar-refractivity contribution >= 4 is 60.5 Å². The zero-order valence-electron chi connectivity index (χ0n) is 28.4. The van der Waals surface area contributed by atoms with Crippen molar-refractivity contribution in [1.29, 1.82) is 0 Å². The number of rotatable bonds is 6. The predicted octanol–water partition coefficient (Wildman–Crippen LogP) is 14.4. The van der Waals surface area contributed by atoms with E-state index < -0.39 is 0 Å². The average molecular weight is 664 g/mol. The lowest BCUT2D eigenvalue weighted by Gasteiger charge is -2.29. The maximum Gasteiger partial charge on any atom is 0.136 e. The first-order chi connectivity index (χ1) is 25.8. The summed E-state index contributed by atoms with van der Waals surface area (Å²) in [5, 5.41) is 7.14. The molecule has 9 aromatic carbocycles. The van der Waals surface area contributed by atoms with Crippen LogP contribution in [0.15, 0.2) is 205 Å². The molecule has 244 valence electrons. The molecule has 1 aromatic heterocycles. The van der Waals surface area contributed by atoms with Crippen LogP contribution in [-0.2, 0) is 0 Å². The largest absolute Gasteiger partial charge is 0.456 e. The Morgan fingerprint density at radius 1 is 0.327 bits per heavy atom. The molecule has 0 unspecified atom stereocenters. The Labute approximate surface area is 302 Å². The second-order valence-corrected chi connectivity index (χ2v) is 13.3. The van der Waals surface area contributed by atoms with Gasteiger partial charge in [-0.3, -0.25) is 0 Å². The molecular formula is C50H33NO. The zero-order chi connectivity index (χ0) is 34.4. The number of para-hydroxylation sites is 2. The third-order valence-corrected chi connectivity index (χ3v) is 10.2. The van der Waals surface area contributed by atoms with Crippen molar-refractivity contribution in [2.24, 2.45) is 0 Å². The summed E-state index contributed by atoms with van der Waals surface area (Å²) < 4.78 is 6.27. The van der Waals surface area contributed by atoms with Crippen molar-refractivity contribution in [2.75, 3.05) is 4.90 Å². The molecule has 0 saturated heterocycles. The second-order valence-electron chi connectivity index (χ2n) is 13.3. The van der Waals surface area contributed by atoms with E-state index in [0.29, 0.717) is 0 Å². The summed E-state index contributed by atoms with van der Waals surface area (Å²) in [4.78, 5) is 2.41. The van der Waals surface area contributed by atoms with Crippen LogP contribution in [0.25, 0.3) is 76.9 Å². The van der Waals surface area contributed by atoms with Gasteiger partial charge in [-0.25, -0.2) is 0 Å². The smallest absolute Gasteiger partial charge is 0.136 e. The number of furan rings is 1. The van der Waals surface area contributed by atoms with E-state index >= 15 is 0 Å². The molecule has 52 heavy (non-hydrogen) atoms. The highest BCUT2D eigenvalue weighted by molar-refractivity contribution is 6.19. The molecule has 0 spiro atoms. The second kappa shape index (κ2) is 12.5. The lowest BCUT2D eigenvalue weighted by Crippen LogP contribution is -2.11. The Morgan fingerprint density at radius 2 is 0.942 bits per heavy atom. The highest BCUT2D eigenvalue weighted by Crippen LogP contribution is 2.45. The minimum Gasteiger partial charge on any atom is -0.456 e. The third kappa shape index (κ3) is 5.12. The molecule has 0 aliphatic carbocycles. The Kier molecular flexibility index (Phi) is 7.18. The summed E-state index contributed by atoms with van der Waals surface area (Å²) in [6.45, 7) is 0. The van der Waals surface area contributed by atoms with Gasteiger partial charge in [0.1, 0.15) is 11.2 Å². The summed E-state index contributed by atoms with van der Waals surface area (Å²) in [6.07, 6.45) is 0. The van der Waals surface area contributed by atoms with Crippen LogP contribution in [0.4, 0.5) is 17.1 Å². The van der Waals surface area contributed by atoms with E-state index in [1.807, 2.05) is 12.1 Å². The van der Waals surface area contributed by atoms with Gasteiger partial charge in [0.2, 0.25) is 0 Å². The molecule has 0 radical (unpaired) electrons. The lowest BCUT2D eigenvalue weighted by atomic mass is 9.93. The lowest BCUT2D eigenvalue weighted by molar-refractivity contribution is 0.669. The quantitative estimate of drug-likeness (QED) is 0.176. The minimum absolute atomic E-state index is 0.912. The van der Waals surface area contributed by atoms with Crippen LogP contribution in [0.5, 0.6) is 0 Å². The highest BCUT2D eigenvalue weighted by atomic mass is 16.3. The molecule has 0 aliphatic heterocycles. The molecule has 10 aromatic rings. The molecule has 0 bridgehead atoms. The van der Waals surface area contributed by atoms with Crippen LogP contribution in [0.2, 0.25) is 0 Å². The molecule has 0 amide bonds. The number of nitrogens with zero attached hydrogens (tertiary/aromatic N) is 1. The average Bonchev–Trinajstić information content (AvgIpc) is 3.61. The monoisotopic (exact) mass is 663 g/mol. The van der Waals surface area contributed by atoms with E-state index in [1.54, 1.807) is 0 Å². The Hall–Kier alpha value is -6.90. The van der Waals surface area contributed by atoms with Crippen molar-refractivity contribution in [1.82, 2.24) is 0 Å². The Balaban J connectivity index is 1.20. The molecule has 0 N–H and O–H groups in total. The molecule has 2 heteroatoms. The Bertz CT molecular complexity index is 2890. The van der Waals surface area contributed by atoms with Crippen molar-refractivity contribution in [3.05, 3.63) is 200 Å². The first-order valence-corrected chi connectivity index (χ1v) is 17.8. The first-order valence-electron chi connectivity index (χ1n) is 17.8. The van der Waals surface area contributed by atoms with E-state index in [9.17, 15) is 0 Å². The zero-order valence-corrected chi connectivity index (χ0v) is 28.4. The molecule has 10 rings (SSSR count). The van der Waals surface area contributed by atoms with E-state index in [2.05, 4.69) is 193 Å². The van der Waals surface area contributed by atoms with Gasteiger partial charge in [0.25, 0.3) is 0 Å². The van der Waals surface area contributed by atoms with E-state index in [0.717, 1.165) is 61.3 Å². The summed E-state index contributed by atoms with van der Waals surface area (Å²) in [6, 6.07) is 71.8. The highest BCUT2D eigenvalue weighted by Gasteiger charge is 2.20. The number of fused-ring (bicyclic) bond motifs is 6. The van der Waals surface area contributed by atoms with Gasteiger partial charge in [0.15, 0.2) is 0 Å². The van der Waals surface area contributed by atoms with Gasteiger partial charge in [0, 0.05) is 27.7 Å². The van der Waals surface area contributed by atoms with Gasteiger partial charge in [-0.15, -0.1) is 0 Å². The van der Waals surface area contributed by atoms with Crippen LogP contribution in [0.1, 0.15) is 0 Å². The molecule has 0 saturated carbocycles. The molecule has 0 fully saturated rings. The maximum absolute atomic E-state index is 6.27. The number of anilines is 3. The number of hydrogen-bond donors (Lipinski definition) is 0. The standard InChI is InChI=1S/C50H33NO/c1-4-14-34(15-5-1)44-33-41(30-39-18-10-11-21-42(39)44)51(40-19-8-3-9-20-40)47-28-26-38(31-45(47)35-16-6-2-7-17-35)37-25-24-36-27-29-49-50(46(36)32-37)43-22-12-13-23-48(43)52-49/h1-33H. The summed E-state index contributed by atoms with van der Waals surface area (Å²) in [5.41, 5.74) is 12.2. The Morgan fingerprint density at radius 3 is 1.73 bits per heavy atom. The molecule has 1 heterocycles. The van der Waals surface area contributed by atoms with Crippen molar-refractivity contribution in [3.63, 3.8) is 0 Å². The first kappa shape index (κ1) is 30.0. The number of benzene rings is 9. The van der Waals surface area contributed by atoms with Gasteiger partial charge < -0.3 is 9.32 Å². The van der Waals surface area contributed by atoms with Crippen molar-refractivity contribution < 1.29 is 4.42 Å². The van der Waals surface area contributed by atoms with E-state index in [-0.39, 0.29) is 0 Å². The van der Waals surface area contributed by atoms with Crippen LogP contribution in [0.3, 0.4) is 0 Å².